The van der Waals surface area contributed by atoms with Gasteiger partial charge in [0.2, 0.25) is 0 Å². The van der Waals surface area contributed by atoms with E-state index in [1.54, 1.807) is 91.0 Å². The molecule has 0 bridgehead atoms. The number of hydrogen-bond donors (Lipinski definition) is 0. The lowest BCUT2D eigenvalue weighted by molar-refractivity contribution is -0.218. The van der Waals surface area contributed by atoms with Crippen LogP contribution in [0.15, 0.2) is 91.0 Å². The van der Waals surface area contributed by atoms with Gasteiger partial charge in [0, 0.05) is 6.92 Å². The first-order chi connectivity index (χ1) is 19.9. The molecule has 3 aromatic rings. The molecule has 214 valence electrons. The molecule has 0 unspecified atom stereocenters. The summed E-state index contributed by atoms with van der Waals surface area (Å²) in [6.45, 7) is 2.78. The van der Waals surface area contributed by atoms with Crippen LogP contribution in [0.5, 0.6) is 0 Å². The first-order valence-corrected chi connectivity index (χ1v) is 14.1. The Kier molecular flexibility index (Phi) is 10.5. The molecule has 1 aliphatic heterocycles. The largest absolute Gasteiger partial charge is 0.459 e. The summed E-state index contributed by atoms with van der Waals surface area (Å²) >= 11 is 1.31. The maximum atomic E-state index is 13.2. The lowest BCUT2D eigenvalue weighted by Gasteiger charge is -2.44. The number of thioether (sulfide) groups is 1. The molecule has 1 saturated heterocycles. The summed E-state index contributed by atoms with van der Waals surface area (Å²) < 4.78 is 29.2. The molecule has 0 aromatic heterocycles. The molecule has 0 N–H and O–H groups in total. The summed E-state index contributed by atoms with van der Waals surface area (Å²) in [6, 6.07) is 24.9. The number of rotatable bonds is 10. The minimum absolute atomic E-state index is 0.245. The van der Waals surface area contributed by atoms with Gasteiger partial charge in [0.1, 0.15) is 18.1 Å². The molecule has 0 radical (unpaired) electrons. The highest BCUT2D eigenvalue weighted by Gasteiger charge is 2.52. The summed E-state index contributed by atoms with van der Waals surface area (Å²) in [5.41, 5.74) is 0.00487. The molecule has 0 saturated carbocycles. The summed E-state index contributed by atoms with van der Waals surface area (Å²) in [7, 11) is 0. The van der Waals surface area contributed by atoms with Gasteiger partial charge < -0.3 is 23.7 Å². The van der Waals surface area contributed by atoms with Crippen molar-refractivity contribution < 1.29 is 42.9 Å². The molecule has 1 fully saturated rings. The van der Waals surface area contributed by atoms with Crippen molar-refractivity contribution in [1.29, 1.82) is 0 Å². The third-order valence-corrected chi connectivity index (χ3v) is 7.16. The normalized spacial score (nSPS) is 21.8. The second-order valence-electron chi connectivity index (χ2n) is 9.01. The Bertz CT molecular complexity index is 1320. The Balaban J connectivity index is 1.69. The third kappa shape index (κ3) is 7.96. The van der Waals surface area contributed by atoms with Gasteiger partial charge in [-0.15, -0.1) is 11.8 Å². The Hall–Kier alpha value is -4.15. The highest BCUT2D eigenvalue weighted by molar-refractivity contribution is 7.99. The van der Waals surface area contributed by atoms with Crippen molar-refractivity contribution in [3.63, 3.8) is 0 Å². The van der Waals surface area contributed by atoms with Gasteiger partial charge in [0.25, 0.3) is 0 Å². The van der Waals surface area contributed by atoms with Crippen LogP contribution in [-0.2, 0) is 28.5 Å². The second-order valence-corrected chi connectivity index (χ2v) is 10.4. The van der Waals surface area contributed by atoms with Gasteiger partial charge in [0.05, 0.1) is 16.7 Å². The number of carbonyl (C=O) groups is 4. The summed E-state index contributed by atoms with van der Waals surface area (Å²) in [5.74, 6) is -2.12. The number of esters is 4. The standard InChI is InChI=1S/C31H30O9S/c1-3-41-31-27(37-20(2)32)26(40-30(35)23-17-11-6-12-18-23)25(39-29(34)22-15-9-5-10-16-22)24(38-31)19-36-28(33)21-13-7-4-8-14-21/h4-18,24-27,31H,3,19H2,1-2H3/t24-,25-,26+,27-,31+/m1/s1. The molecule has 3 aromatic carbocycles. The molecule has 5 atom stereocenters. The quantitative estimate of drug-likeness (QED) is 0.248. The molecule has 0 aliphatic carbocycles. The molecule has 0 spiro atoms. The molecule has 10 heteroatoms. The Morgan fingerprint density at radius 1 is 0.659 bits per heavy atom. The van der Waals surface area contributed by atoms with Crippen LogP contribution in [0, 0.1) is 0 Å². The van der Waals surface area contributed by atoms with Crippen LogP contribution in [0.25, 0.3) is 0 Å². The van der Waals surface area contributed by atoms with Crippen LogP contribution in [0.4, 0.5) is 0 Å². The lowest BCUT2D eigenvalue weighted by Crippen LogP contribution is -2.61. The van der Waals surface area contributed by atoms with Crippen molar-refractivity contribution in [1.82, 2.24) is 0 Å². The monoisotopic (exact) mass is 578 g/mol. The fourth-order valence-electron chi connectivity index (χ4n) is 4.25. The van der Waals surface area contributed by atoms with Crippen LogP contribution in [-0.4, -0.2) is 66.1 Å². The van der Waals surface area contributed by atoms with E-state index in [0.717, 1.165) is 0 Å². The van der Waals surface area contributed by atoms with Gasteiger partial charge in [-0.2, -0.15) is 0 Å². The molecule has 41 heavy (non-hydrogen) atoms. The highest BCUT2D eigenvalue weighted by atomic mass is 32.2. The molecule has 9 nitrogen and oxygen atoms in total. The SMILES string of the molecule is CCS[C@@H]1O[C@H](COC(=O)c2ccccc2)[C@@H](OC(=O)c2ccccc2)[C@H](OC(=O)c2ccccc2)[C@H]1OC(C)=O. The number of benzene rings is 3. The zero-order valence-electron chi connectivity index (χ0n) is 22.5. The predicted octanol–water partition coefficient (Wildman–Crippen LogP) is 4.70. The predicted molar refractivity (Wildman–Crippen MR) is 150 cm³/mol. The van der Waals surface area contributed by atoms with Gasteiger partial charge in [-0.3, -0.25) is 4.79 Å². The van der Waals surface area contributed by atoms with Crippen LogP contribution in [0.3, 0.4) is 0 Å². The fraction of sp³-hybridized carbons (Fsp3) is 0.290. The first-order valence-electron chi connectivity index (χ1n) is 13.1. The average Bonchev–Trinajstić information content (AvgIpc) is 3.00. The number of hydrogen-bond acceptors (Lipinski definition) is 10. The van der Waals surface area contributed by atoms with Gasteiger partial charge >= 0.3 is 23.9 Å². The van der Waals surface area contributed by atoms with E-state index >= 15 is 0 Å². The summed E-state index contributed by atoms with van der Waals surface area (Å²) in [4.78, 5) is 51.4. The van der Waals surface area contributed by atoms with Crippen molar-refractivity contribution in [2.24, 2.45) is 0 Å². The zero-order chi connectivity index (χ0) is 29.2. The van der Waals surface area contributed by atoms with Crippen LogP contribution < -0.4 is 0 Å². The first kappa shape index (κ1) is 29.8. The van der Waals surface area contributed by atoms with Gasteiger partial charge in [-0.05, 0) is 42.2 Å². The lowest BCUT2D eigenvalue weighted by atomic mass is 9.98. The molecule has 1 heterocycles. The van der Waals surface area contributed by atoms with Crippen molar-refractivity contribution in [3.05, 3.63) is 108 Å². The smallest absolute Gasteiger partial charge is 0.338 e. The van der Waals surface area contributed by atoms with Crippen molar-refractivity contribution >= 4 is 35.6 Å². The Morgan fingerprint density at radius 2 is 1.12 bits per heavy atom. The van der Waals surface area contributed by atoms with E-state index in [4.69, 9.17) is 23.7 Å². The summed E-state index contributed by atoms with van der Waals surface area (Å²) in [5, 5.41) is 0. The molecule has 1 aliphatic rings. The maximum Gasteiger partial charge on any atom is 0.338 e. The van der Waals surface area contributed by atoms with Crippen LogP contribution in [0.1, 0.15) is 44.9 Å². The minimum Gasteiger partial charge on any atom is -0.459 e. The van der Waals surface area contributed by atoms with Crippen LogP contribution in [0.2, 0.25) is 0 Å². The minimum atomic E-state index is -1.29. The molecule has 4 rings (SSSR count). The van der Waals surface area contributed by atoms with Crippen molar-refractivity contribution in [2.75, 3.05) is 12.4 Å². The highest BCUT2D eigenvalue weighted by Crippen LogP contribution is 2.35. The van der Waals surface area contributed by atoms with Crippen molar-refractivity contribution in [3.8, 4) is 0 Å². The maximum absolute atomic E-state index is 13.2. The zero-order valence-corrected chi connectivity index (χ0v) is 23.4. The van der Waals surface area contributed by atoms with Crippen molar-refractivity contribution in [2.45, 2.75) is 43.7 Å². The Morgan fingerprint density at radius 3 is 1.59 bits per heavy atom. The topological polar surface area (TPSA) is 114 Å². The van der Waals surface area contributed by atoms with E-state index in [9.17, 15) is 19.2 Å². The van der Waals surface area contributed by atoms with E-state index in [1.807, 2.05) is 6.92 Å². The van der Waals surface area contributed by atoms with Crippen LogP contribution >= 0.6 is 11.8 Å². The Labute approximate surface area is 242 Å². The second kappa shape index (κ2) is 14.5. The molecular formula is C31H30O9S. The molecule has 0 amide bonds. The third-order valence-electron chi connectivity index (χ3n) is 6.12. The van der Waals surface area contributed by atoms with Gasteiger partial charge in [0.15, 0.2) is 18.3 Å². The van der Waals surface area contributed by atoms with E-state index < -0.39 is 53.7 Å². The molecular weight excluding hydrogens is 548 g/mol. The van der Waals surface area contributed by atoms with E-state index in [2.05, 4.69) is 0 Å². The van der Waals surface area contributed by atoms with Gasteiger partial charge in [-0.1, -0.05) is 61.5 Å². The number of carbonyl (C=O) groups excluding carboxylic acids is 4. The number of ether oxygens (including phenoxy) is 5. The average molecular weight is 579 g/mol. The fourth-order valence-corrected chi connectivity index (χ4v) is 5.20. The van der Waals surface area contributed by atoms with Gasteiger partial charge in [-0.25, -0.2) is 14.4 Å². The van der Waals surface area contributed by atoms with E-state index in [0.29, 0.717) is 11.3 Å². The van der Waals surface area contributed by atoms with E-state index in [1.165, 1.54) is 18.7 Å². The van der Waals surface area contributed by atoms with E-state index in [-0.39, 0.29) is 17.7 Å². The summed E-state index contributed by atoms with van der Waals surface area (Å²) in [6.07, 6.45) is -4.76.